The van der Waals surface area contributed by atoms with E-state index in [9.17, 15) is 0 Å². The number of hydrogen-bond acceptors (Lipinski definition) is 6. The second-order valence-corrected chi connectivity index (χ2v) is 4.44. The van der Waals surface area contributed by atoms with Crippen molar-refractivity contribution in [1.82, 2.24) is 9.88 Å². The number of rotatable bonds is 5. The van der Waals surface area contributed by atoms with Gasteiger partial charge in [0.25, 0.3) is 0 Å². The van der Waals surface area contributed by atoms with Crippen LogP contribution in [-0.2, 0) is 6.54 Å². The standard InChI is InChI=1S/C8H16N4OS/c1-6(13)4-12(2)5-7-3-10-8(11-9)14-7/h3,6,13H,4-5,9H2,1-2H3,(H,10,11). The molecule has 0 aliphatic rings. The van der Waals surface area contributed by atoms with Gasteiger partial charge in [0.1, 0.15) is 0 Å². The van der Waals surface area contributed by atoms with E-state index in [2.05, 4.69) is 10.4 Å². The van der Waals surface area contributed by atoms with Crippen LogP contribution in [0.4, 0.5) is 5.13 Å². The first-order valence-electron chi connectivity index (χ1n) is 4.39. The van der Waals surface area contributed by atoms with E-state index in [4.69, 9.17) is 10.9 Å². The van der Waals surface area contributed by atoms with Gasteiger partial charge in [0, 0.05) is 24.2 Å². The molecule has 6 heteroatoms. The fourth-order valence-corrected chi connectivity index (χ4v) is 2.03. The summed E-state index contributed by atoms with van der Waals surface area (Å²) < 4.78 is 0. The van der Waals surface area contributed by atoms with Crippen molar-refractivity contribution in [3.63, 3.8) is 0 Å². The molecule has 1 aromatic rings. The first kappa shape index (κ1) is 11.4. The first-order chi connectivity index (χ1) is 6.61. The van der Waals surface area contributed by atoms with E-state index in [0.29, 0.717) is 11.7 Å². The Bertz CT molecular complexity index is 276. The number of nitrogens with zero attached hydrogens (tertiary/aromatic N) is 2. The van der Waals surface area contributed by atoms with Crippen LogP contribution in [0.25, 0.3) is 0 Å². The molecule has 14 heavy (non-hydrogen) atoms. The number of nitrogens with two attached hydrogens (primary N) is 1. The highest BCUT2D eigenvalue weighted by Gasteiger charge is 2.06. The van der Waals surface area contributed by atoms with Crippen LogP contribution in [-0.4, -0.2) is 34.7 Å². The molecule has 0 aromatic carbocycles. The van der Waals surface area contributed by atoms with Crippen molar-refractivity contribution in [2.45, 2.75) is 19.6 Å². The van der Waals surface area contributed by atoms with E-state index in [1.165, 1.54) is 11.3 Å². The van der Waals surface area contributed by atoms with E-state index >= 15 is 0 Å². The molecule has 1 aromatic heterocycles. The van der Waals surface area contributed by atoms with E-state index < -0.39 is 0 Å². The Hall–Kier alpha value is -0.690. The third-order valence-electron chi connectivity index (χ3n) is 1.68. The Kier molecular flexibility index (Phi) is 4.27. The second kappa shape index (κ2) is 5.26. The minimum atomic E-state index is -0.306. The van der Waals surface area contributed by atoms with E-state index in [-0.39, 0.29) is 6.10 Å². The summed E-state index contributed by atoms with van der Waals surface area (Å²) in [5, 5.41) is 9.88. The van der Waals surface area contributed by atoms with Crippen LogP contribution in [0.2, 0.25) is 0 Å². The average Bonchev–Trinajstić information content (AvgIpc) is 2.50. The Balaban J connectivity index is 2.43. The van der Waals surface area contributed by atoms with Crippen molar-refractivity contribution < 1.29 is 5.11 Å². The van der Waals surface area contributed by atoms with Gasteiger partial charge in [0.2, 0.25) is 0 Å². The summed E-state index contributed by atoms with van der Waals surface area (Å²) in [6.45, 7) is 3.21. The van der Waals surface area contributed by atoms with Gasteiger partial charge in [-0.2, -0.15) is 0 Å². The van der Waals surface area contributed by atoms with Crippen LogP contribution in [0, 0.1) is 0 Å². The maximum atomic E-state index is 9.17. The molecule has 0 aliphatic carbocycles. The number of nitrogens with one attached hydrogen (secondary N) is 1. The number of aliphatic hydroxyl groups is 1. The van der Waals surface area contributed by atoms with Gasteiger partial charge >= 0.3 is 0 Å². The molecule has 0 radical (unpaired) electrons. The maximum absolute atomic E-state index is 9.17. The number of hydrogen-bond donors (Lipinski definition) is 3. The van der Waals surface area contributed by atoms with Crippen molar-refractivity contribution in [2.24, 2.45) is 5.84 Å². The third-order valence-corrected chi connectivity index (χ3v) is 2.59. The van der Waals surface area contributed by atoms with Gasteiger partial charge in [-0.15, -0.1) is 0 Å². The highest BCUT2D eigenvalue weighted by atomic mass is 32.1. The van der Waals surface area contributed by atoms with Gasteiger partial charge in [-0.05, 0) is 14.0 Å². The van der Waals surface area contributed by atoms with Gasteiger partial charge < -0.3 is 5.11 Å². The lowest BCUT2D eigenvalue weighted by atomic mass is 10.3. The molecule has 0 spiro atoms. The fraction of sp³-hybridized carbons (Fsp3) is 0.625. The normalized spacial score (nSPS) is 13.2. The monoisotopic (exact) mass is 216 g/mol. The lowest BCUT2D eigenvalue weighted by Gasteiger charge is -2.16. The van der Waals surface area contributed by atoms with Gasteiger partial charge in [0.15, 0.2) is 5.13 Å². The number of hydrazine groups is 1. The molecule has 0 amide bonds. The van der Waals surface area contributed by atoms with Crippen molar-refractivity contribution in [3.05, 3.63) is 11.1 Å². The van der Waals surface area contributed by atoms with E-state index in [1.54, 1.807) is 13.1 Å². The average molecular weight is 216 g/mol. The molecule has 1 rings (SSSR count). The Morgan fingerprint density at radius 3 is 3.00 bits per heavy atom. The van der Waals surface area contributed by atoms with Crippen LogP contribution in [0.5, 0.6) is 0 Å². The number of nitrogen functional groups attached to an aromatic ring is 1. The Labute approximate surface area is 87.5 Å². The van der Waals surface area contributed by atoms with Crippen molar-refractivity contribution in [2.75, 3.05) is 19.0 Å². The highest BCUT2D eigenvalue weighted by molar-refractivity contribution is 7.15. The van der Waals surface area contributed by atoms with Crippen molar-refractivity contribution in [3.8, 4) is 0 Å². The zero-order valence-corrected chi connectivity index (χ0v) is 9.21. The summed E-state index contributed by atoms with van der Waals surface area (Å²) in [4.78, 5) is 7.23. The number of aliphatic hydroxyl groups excluding tert-OH is 1. The summed E-state index contributed by atoms with van der Waals surface area (Å²) in [7, 11) is 1.96. The van der Waals surface area contributed by atoms with E-state index in [0.717, 1.165) is 11.4 Å². The number of anilines is 1. The molecule has 1 unspecified atom stereocenters. The lowest BCUT2D eigenvalue weighted by molar-refractivity contribution is 0.139. The molecule has 0 saturated carbocycles. The SMILES string of the molecule is CC(O)CN(C)Cc1cnc(NN)s1. The molecule has 5 nitrogen and oxygen atoms in total. The highest BCUT2D eigenvalue weighted by Crippen LogP contribution is 2.17. The summed E-state index contributed by atoms with van der Waals surface area (Å²) in [5.74, 6) is 5.22. The summed E-state index contributed by atoms with van der Waals surface area (Å²) in [5.41, 5.74) is 2.50. The quantitative estimate of drug-likeness (QED) is 0.486. The molecular formula is C8H16N4OS. The predicted molar refractivity (Wildman–Crippen MR) is 57.9 cm³/mol. The maximum Gasteiger partial charge on any atom is 0.197 e. The fourth-order valence-electron chi connectivity index (χ4n) is 1.23. The smallest absolute Gasteiger partial charge is 0.197 e. The van der Waals surface area contributed by atoms with E-state index in [1.807, 2.05) is 11.9 Å². The topological polar surface area (TPSA) is 74.4 Å². The van der Waals surface area contributed by atoms with Crippen LogP contribution in [0.1, 0.15) is 11.8 Å². The zero-order chi connectivity index (χ0) is 10.6. The van der Waals surface area contributed by atoms with Crippen LogP contribution in [0.3, 0.4) is 0 Å². The summed E-state index contributed by atoms with van der Waals surface area (Å²) in [6.07, 6.45) is 1.48. The molecule has 0 saturated heterocycles. The van der Waals surface area contributed by atoms with Gasteiger partial charge in [-0.1, -0.05) is 11.3 Å². The van der Waals surface area contributed by atoms with Crippen molar-refractivity contribution >= 4 is 16.5 Å². The molecule has 0 bridgehead atoms. The molecule has 0 aliphatic heterocycles. The number of aromatic nitrogens is 1. The minimum Gasteiger partial charge on any atom is -0.392 e. The molecule has 0 fully saturated rings. The second-order valence-electron chi connectivity index (χ2n) is 3.32. The molecule has 1 atom stereocenters. The van der Waals surface area contributed by atoms with Gasteiger partial charge in [-0.25, -0.2) is 10.8 Å². The van der Waals surface area contributed by atoms with Crippen LogP contribution >= 0.6 is 11.3 Å². The van der Waals surface area contributed by atoms with Crippen LogP contribution < -0.4 is 11.3 Å². The minimum absolute atomic E-state index is 0.306. The summed E-state index contributed by atoms with van der Waals surface area (Å²) >= 11 is 1.52. The zero-order valence-electron chi connectivity index (χ0n) is 8.40. The van der Waals surface area contributed by atoms with Gasteiger partial charge in [-0.3, -0.25) is 10.3 Å². The number of likely N-dealkylation sites (N-methyl/N-ethyl adjacent to an activating group) is 1. The molecule has 80 valence electrons. The predicted octanol–water partition coefficient (Wildman–Crippen LogP) is 0.241. The van der Waals surface area contributed by atoms with Crippen LogP contribution in [0.15, 0.2) is 6.20 Å². The Morgan fingerprint density at radius 1 is 1.79 bits per heavy atom. The number of thiazole rings is 1. The first-order valence-corrected chi connectivity index (χ1v) is 5.21. The molecule has 1 heterocycles. The lowest BCUT2D eigenvalue weighted by Crippen LogP contribution is -2.26. The summed E-state index contributed by atoms with van der Waals surface area (Å²) in [6, 6.07) is 0. The molecule has 4 N–H and O–H groups in total. The third kappa shape index (κ3) is 3.59. The Morgan fingerprint density at radius 2 is 2.50 bits per heavy atom. The largest absolute Gasteiger partial charge is 0.392 e. The van der Waals surface area contributed by atoms with Gasteiger partial charge in [0.05, 0.1) is 6.10 Å². The molecular weight excluding hydrogens is 200 g/mol. The van der Waals surface area contributed by atoms with Crippen molar-refractivity contribution in [1.29, 1.82) is 0 Å².